The largest absolute Gasteiger partial charge is 0.317 e. The highest BCUT2D eigenvalue weighted by atomic mass is 35.5. The smallest absolute Gasteiger partial charge is 0.0621 e. The number of rotatable bonds is 5. The van der Waals surface area contributed by atoms with Crippen LogP contribution in [0.25, 0.3) is 0 Å². The maximum absolute atomic E-state index is 6.15. The molecule has 0 aromatic carbocycles. The monoisotopic (exact) mass is 252 g/mol. The minimum atomic E-state index is 0.540. The fourth-order valence-electron chi connectivity index (χ4n) is 2.79. The Labute approximate surface area is 109 Å². The second-order valence-corrected chi connectivity index (χ2v) is 5.45. The molecule has 1 heterocycles. The van der Waals surface area contributed by atoms with Gasteiger partial charge in [-0.1, -0.05) is 37.3 Å². The van der Waals surface area contributed by atoms with Crippen molar-refractivity contribution in [1.82, 2.24) is 10.3 Å². The Morgan fingerprint density at radius 3 is 2.88 bits per heavy atom. The van der Waals surface area contributed by atoms with Crippen LogP contribution in [0.2, 0.25) is 5.02 Å². The predicted octanol–water partition coefficient (Wildman–Crippen LogP) is 3.45. The van der Waals surface area contributed by atoms with Crippen molar-refractivity contribution in [3.63, 3.8) is 0 Å². The highest BCUT2D eigenvalue weighted by Gasteiger charge is 2.19. The molecule has 3 heteroatoms. The molecule has 1 N–H and O–H groups in total. The van der Waals surface area contributed by atoms with Gasteiger partial charge in [-0.05, 0) is 37.4 Å². The van der Waals surface area contributed by atoms with Gasteiger partial charge in [-0.25, -0.2) is 0 Å². The molecule has 17 heavy (non-hydrogen) atoms. The summed E-state index contributed by atoms with van der Waals surface area (Å²) in [5, 5.41) is 4.22. The lowest BCUT2D eigenvalue weighted by atomic mass is 9.94. The van der Waals surface area contributed by atoms with E-state index in [0.717, 1.165) is 17.4 Å². The minimum absolute atomic E-state index is 0.540. The molecular formula is C14H21ClN2. The molecule has 0 radical (unpaired) electrons. The van der Waals surface area contributed by atoms with Gasteiger partial charge in [0.1, 0.15) is 0 Å². The van der Waals surface area contributed by atoms with Gasteiger partial charge in [0.15, 0.2) is 0 Å². The molecule has 2 nitrogen and oxygen atoms in total. The highest BCUT2D eigenvalue weighted by molar-refractivity contribution is 6.31. The topological polar surface area (TPSA) is 24.9 Å². The van der Waals surface area contributed by atoms with Crippen LogP contribution in [0.1, 0.15) is 37.7 Å². The molecule has 1 atom stereocenters. The summed E-state index contributed by atoms with van der Waals surface area (Å²) in [6, 6.07) is 2.57. The Bertz CT molecular complexity index is 348. The number of hydrogen-bond acceptors (Lipinski definition) is 2. The maximum atomic E-state index is 6.15. The molecule has 0 saturated heterocycles. The van der Waals surface area contributed by atoms with E-state index in [9.17, 15) is 0 Å². The number of hydrogen-bond donors (Lipinski definition) is 1. The van der Waals surface area contributed by atoms with Crippen molar-refractivity contribution < 1.29 is 0 Å². The Morgan fingerprint density at radius 1 is 1.47 bits per heavy atom. The van der Waals surface area contributed by atoms with Gasteiger partial charge in [0.25, 0.3) is 0 Å². The van der Waals surface area contributed by atoms with E-state index in [0.29, 0.717) is 6.04 Å². The first-order valence-corrected chi connectivity index (χ1v) is 6.93. The average Bonchev–Trinajstić information content (AvgIpc) is 2.84. The zero-order valence-electron chi connectivity index (χ0n) is 10.5. The SMILES string of the molecule is CNC(Cc1ccncc1Cl)CC1CCCC1. The van der Waals surface area contributed by atoms with Crippen LogP contribution in [0.15, 0.2) is 18.5 Å². The van der Waals surface area contributed by atoms with Crippen molar-refractivity contribution in [3.8, 4) is 0 Å². The summed E-state index contributed by atoms with van der Waals surface area (Å²) in [6.45, 7) is 0. The van der Waals surface area contributed by atoms with Crippen molar-refractivity contribution in [2.24, 2.45) is 5.92 Å². The van der Waals surface area contributed by atoms with E-state index in [1.54, 1.807) is 6.20 Å². The van der Waals surface area contributed by atoms with Crippen LogP contribution in [-0.4, -0.2) is 18.1 Å². The van der Waals surface area contributed by atoms with Crippen LogP contribution in [-0.2, 0) is 6.42 Å². The van der Waals surface area contributed by atoms with Gasteiger partial charge < -0.3 is 5.32 Å². The molecule has 2 rings (SSSR count). The van der Waals surface area contributed by atoms with Gasteiger partial charge in [-0.3, -0.25) is 4.98 Å². The van der Waals surface area contributed by atoms with Crippen molar-refractivity contribution in [1.29, 1.82) is 0 Å². The number of nitrogens with one attached hydrogen (secondary N) is 1. The molecule has 94 valence electrons. The van der Waals surface area contributed by atoms with Crippen molar-refractivity contribution >= 4 is 11.6 Å². The Balaban J connectivity index is 1.92. The quantitative estimate of drug-likeness (QED) is 0.868. The Kier molecular flexibility index (Phi) is 4.81. The maximum Gasteiger partial charge on any atom is 0.0621 e. The summed E-state index contributed by atoms with van der Waals surface area (Å²) >= 11 is 6.15. The van der Waals surface area contributed by atoms with Crippen molar-refractivity contribution in [3.05, 3.63) is 29.0 Å². The lowest BCUT2D eigenvalue weighted by molar-refractivity contribution is 0.402. The van der Waals surface area contributed by atoms with E-state index in [1.807, 2.05) is 12.3 Å². The third-order valence-electron chi connectivity index (χ3n) is 3.82. The number of pyridine rings is 1. The van der Waals surface area contributed by atoms with Crippen molar-refractivity contribution in [2.45, 2.75) is 44.6 Å². The zero-order valence-corrected chi connectivity index (χ0v) is 11.2. The molecule has 1 fully saturated rings. The lowest BCUT2D eigenvalue weighted by Crippen LogP contribution is -2.29. The third-order valence-corrected chi connectivity index (χ3v) is 4.16. The Hall–Kier alpha value is -0.600. The normalized spacial score (nSPS) is 18.5. The van der Waals surface area contributed by atoms with E-state index in [1.165, 1.54) is 37.7 Å². The summed E-state index contributed by atoms with van der Waals surface area (Å²) in [5.74, 6) is 0.910. The molecule has 1 aromatic rings. The summed E-state index contributed by atoms with van der Waals surface area (Å²) in [7, 11) is 2.05. The van der Waals surface area contributed by atoms with E-state index in [4.69, 9.17) is 11.6 Å². The molecule has 0 aliphatic heterocycles. The molecule has 1 aromatic heterocycles. The molecule has 0 spiro atoms. The second-order valence-electron chi connectivity index (χ2n) is 5.04. The fourth-order valence-corrected chi connectivity index (χ4v) is 2.98. The molecule has 1 unspecified atom stereocenters. The van der Waals surface area contributed by atoms with E-state index in [2.05, 4.69) is 17.3 Å². The van der Waals surface area contributed by atoms with E-state index < -0.39 is 0 Å². The first-order valence-electron chi connectivity index (χ1n) is 6.55. The molecule has 1 aliphatic rings. The van der Waals surface area contributed by atoms with Gasteiger partial charge in [-0.15, -0.1) is 0 Å². The first-order chi connectivity index (χ1) is 8.29. The summed E-state index contributed by atoms with van der Waals surface area (Å²) < 4.78 is 0. The van der Waals surface area contributed by atoms with E-state index in [-0.39, 0.29) is 0 Å². The zero-order chi connectivity index (χ0) is 12.1. The van der Waals surface area contributed by atoms with Crippen LogP contribution in [0.5, 0.6) is 0 Å². The van der Waals surface area contributed by atoms with Crippen LogP contribution in [0.4, 0.5) is 0 Å². The first kappa shape index (κ1) is 12.8. The molecule has 1 saturated carbocycles. The summed E-state index contributed by atoms with van der Waals surface area (Å²) in [6.07, 6.45) is 11.5. The van der Waals surface area contributed by atoms with Crippen LogP contribution < -0.4 is 5.32 Å². The predicted molar refractivity (Wildman–Crippen MR) is 72.4 cm³/mol. The molecular weight excluding hydrogens is 232 g/mol. The number of likely N-dealkylation sites (N-methyl/N-ethyl adjacent to an activating group) is 1. The van der Waals surface area contributed by atoms with Crippen LogP contribution >= 0.6 is 11.6 Å². The summed E-state index contributed by atoms with van der Waals surface area (Å²) in [4.78, 5) is 4.03. The standard InChI is InChI=1S/C14H21ClN2/c1-16-13(8-11-4-2-3-5-11)9-12-6-7-17-10-14(12)15/h6-7,10-11,13,16H,2-5,8-9H2,1H3. The summed E-state index contributed by atoms with van der Waals surface area (Å²) in [5.41, 5.74) is 1.21. The van der Waals surface area contributed by atoms with Crippen LogP contribution in [0.3, 0.4) is 0 Å². The Morgan fingerprint density at radius 2 is 2.24 bits per heavy atom. The van der Waals surface area contributed by atoms with Gasteiger partial charge >= 0.3 is 0 Å². The molecule has 0 amide bonds. The number of aromatic nitrogens is 1. The number of halogens is 1. The van der Waals surface area contributed by atoms with Crippen molar-refractivity contribution in [2.75, 3.05) is 7.05 Å². The highest BCUT2D eigenvalue weighted by Crippen LogP contribution is 2.29. The lowest BCUT2D eigenvalue weighted by Gasteiger charge is -2.20. The minimum Gasteiger partial charge on any atom is -0.317 e. The van der Waals surface area contributed by atoms with Gasteiger partial charge in [0, 0.05) is 18.4 Å². The third kappa shape index (κ3) is 3.68. The average molecular weight is 253 g/mol. The molecule has 0 bridgehead atoms. The van der Waals surface area contributed by atoms with E-state index >= 15 is 0 Å². The fraction of sp³-hybridized carbons (Fsp3) is 0.643. The van der Waals surface area contributed by atoms with Crippen LogP contribution in [0, 0.1) is 5.92 Å². The molecule has 1 aliphatic carbocycles. The second kappa shape index (κ2) is 6.36. The van der Waals surface area contributed by atoms with Gasteiger partial charge in [-0.2, -0.15) is 0 Å². The van der Waals surface area contributed by atoms with Gasteiger partial charge in [0.05, 0.1) is 5.02 Å². The van der Waals surface area contributed by atoms with Gasteiger partial charge in [0.2, 0.25) is 0 Å². The number of nitrogens with zero attached hydrogens (tertiary/aromatic N) is 1.